The normalized spacial score (nSPS) is 10.5. The molecular weight excluding hydrogens is 365 g/mol. The fourth-order valence-corrected chi connectivity index (χ4v) is 2.52. The molecule has 1 heterocycles. The molecule has 0 aliphatic heterocycles. The van der Waals surface area contributed by atoms with Gasteiger partial charge in [-0.3, -0.25) is 4.79 Å². The van der Waals surface area contributed by atoms with Gasteiger partial charge in [-0.1, -0.05) is 12.1 Å². The lowest BCUT2D eigenvalue weighted by molar-refractivity contribution is 0.0489. The number of esters is 1. The molecule has 28 heavy (non-hydrogen) atoms. The molecule has 0 spiro atoms. The minimum atomic E-state index is -0.679. The van der Waals surface area contributed by atoms with Crippen molar-refractivity contribution in [1.29, 1.82) is 0 Å². The minimum Gasteiger partial charge on any atom is -0.460 e. The Balaban J connectivity index is 1.65. The topological polar surface area (TPSA) is 125 Å². The number of nitrogens with zero attached hydrogens (tertiary/aromatic N) is 2. The van der Waals surface area contributed by atoms with Gasteiger partial charge in [-0.2, -0.15) is 5.10 Å². The van der Waals surface area contributed by atoms with Crippen molar-refractivity contribution in [2.24, 2.45) is 5.73 Å². The zero-order chi connectivity index (χ0) is 20.1. The van der Waals surface area contributed by atoms with E-state index in [1.165, 1.54) is 23.0 Å². The Kier molecular flexibility index (Phi) is 5.54. The number of nitrogens with two attached hydrogens (primary N) is 2. The van der Waals surface area contributed by atoms with E-state index in [2.05, 4.69) is 10.4 Å². The fourth-order valence-electron chi connectivity index (χ4n) is 2.52. The summed E-state index contributed by atoms with van der Waals surface area (Å²) in [5.74, 6) is -1.47. The predicted octanol–water partition coefficient (Wildman–Crippen LogP) is 2.30. The predicted molar refractivity (Wildman–Crippen MR) is 102 cm³/mol. The molecule has 1 amide bonds. The first-order chi connectivity index (χ1) is 13.5. The van der Waals surface area contributed by atoms with E-state index in [0.29, 0.717) is 16.9 Å². The average molecular weight is 383 g/mol. The second-order valence-electron chi connectivity index (χ2n) is 5.84. The number of primary amides is 1. The van der Waals surface area contributed by atoms with Crippen LogP contribution >= 0.6 is 0 Å². The van der Waals surface area contributed by atoms with Crippen LogP contribution in [0.1, 0.15) is 20.7 Å². The number of nitrogens with one attached hydrogen (secondary N) is 1. The molecule has 3 aromatic rings. The number of benzene rings is 2. The van der Waals surface area contributed by atoms with E-state index in [1.54, 1.807) is 36.4 Å². The van der Waals surface area contributed by atoms with Gasteiger partial charge in [0.05, 0.1) is 24.0 Å². The average Bonchev–Trinajstić information content (AvgIpc) is 3.05. The first-order valence-electron chi connectivity index (χ1n) is 8.35. The Morgan fingerprint density at radius 1 is 1.11 bits per heavy atom. The van der Waals surface area contributed by atoms with E-state index in [-0.39, 0.29) is 30.4 Å². The van der Waals surface area contributed by atoms with E-state index in [4.69, 9.17) is 16.2 Å². The molecule has 8 nitrogen and oxygen atoms in total. The van der Waals surface area contributed by atoms with Gasteiger partial charge < -0.3 is 21.5 Å². The number of hydrogen-bond acceptors (Lipinski definition) is 6. The smallest absolute Gasteiger partial charge is 0.340 e. The van der Waals surface area contributed by atoms with Gasteiger partial charge in [-0.05, 0) is 36.4 Å². The molecule has 0 fully saturated rings. The molecule has 1 aromatic heterocycles. The van der Waals surface area contributed by atoms with E-state index in [9.17, 15) is 14.0 Å². The third-order valence-electron chi connectivity index (χ3n) is 3.95. The van der Waals surface area contributed by atoms with Crippen LogP contribution in [0.25, 0.3) is 0 Å². The largest absolute Gasteiger partial charge is 0.460 e. The maximum atomic E-state index is 13.0. The van der Waals surface area contributed by atoms with Crippen molar-refractivity contribution in [2.45, 2.75) is 6.54 Å². The summed E-state index contributed by atoms with van der Waals surface area (Å²) in [4.78, 5) is 23.6. The van der Waals surface area contributed by atoms with E-state index in [0.717, 1.165) is 0 Å². The third kappa shape index (κ3) is 4.26. The monoisotopic (exact) mass is 383 g/mol. The molecule has 9 heteroatoms. The number of para-hydroxylation sites is 1. The van der Waals surface area contributed by atoms with Crippen LogP contribution in [-0.4, -0.2) is 28.3 Å². The van der Waals surface area contributed by atoms with Crippen LogP contribution in [-0.2, 0) is 11.3 Å². The van der Waals surface area contributed by atoms with Gasteiger partial charge in [0.2, 0.25) is 0 Å². The second-order valence-corrected chi connectivity index (χ2v) is 5.84. The summed E-state index contributed by atoms with van der Waals surface area (Å²) in [5.41, 5.74) is 12.5. The van der Waals surface area contributed by atoms with Gasteiger partial charge >= 0.3 is 5.97 Å². The summed E-state index contributed by atoms with van der Waals surface area (Å²) >= 11 is 0. The van der Waals surface area contributed by atoms with Gasteiger partial charge in [0.1, 0.15) is 23.8 Å². The molecule has 0 saturated carbocycles. The molecule has 144 valence electrons. The Morgan fingerprint density at radius 3 is 2.50 bits per heavy atom. The molecule has 3 rings (SSSR count). The number of halogens is 1. The Hall–Kier alpha value is -3.88. The fraction of sp³-hybridized carbons (Fsp3) is 0.105. The number of nitrogen functional groups attached to an aromatic ring is 1. The van der Waals surface area contributed by atoms with Crippen LogP contribution in [0.2, 0.25) is 0 Å². The van der Waals surface area contributed by atoms with Gasteiger partial charge in [0.15, 0.2) is 0 Å². The summed E-state index contributed by atoms with van der Waals surface area (Å²) < 4.78 is 19.7. The van der Waals surface area contributed by atoms with Crippen molar-refractivity contribution < 1.29 is 18.7 Å². The number of hydrogen-bond donors (Lipinski definition) is 3. The highest BCUT2D eigenvalue weighted by Gasteiger charge is 2.15. The molecule has 0 aliphatic rings. The minimum absolute atomic E-state index is 0.00615. The number of anilines is 3. The molecule has 0 radical (unpaired) electrons. The highest BCUT2D eigenvalue weighted by atomic mass is 19.1. The van der Waals surface area contributed by atoms with Crippen LogP contribution in [0.3, 0.4) is 0 Å². The van der Waals surface area contributed by atoms with Crippen LogP contribution in [0.4, 0.5) is 21.6 Å². The summed E-state index contributed by atoms with van der Waals surface area (Å²) in [5, 5.41) is 7.00. The van der Waals surface area contributed by atoms with Crippen LogP contribution < -0.4 is 16.8 Å². The number of carbonyl (C=O) groups is 2. The Morgan fingerprint density at radius 2 is 1.82 bits per heavy atom. The van der Waals surface area contributed by atoms with E-state index < -0.39 is 11.9 Å². The highest BCUT2D eigenvalue weighted by molar-refractivity contribution is 5.97. The van der Waals surface area contributed by atoms with Crippen LogP contribution in [0.15, 0.2) is 54.7 Å². The summed E-state index contributed by atoms with van der Waals surface area (Å²) in [6, 6.07) is 12.6. The Bertz CT molecular complexity index is 1000. The molecule has 0 saturated heterocycles. The molecule has 0 atom stereocenters. The van der Waals surface area contributed by atoms with E-state index >= 15 is 0 Å². The molecule has 0 unspecified atom stereocenters. The maximum Gasteiger partial charge on any atom is 0.340 e. The first-order valence-corrected chi connectivity index (χ1v) is 8.35. The van der Waals surface area contributed by atoms with Gasteiger partial charge in [-0.25, -0.2) is 13.9 Å². The molecular formula is C19H18FN5O3. The van der Waals surface area contributed by atoms with Gasteiger partial charge in [-0.15, -0.1) is 0 Å². The summed E-state index contributed by atoms with van der Waals surface area (Å²) in [7, 11) is 0. The van der Waals surface area contributed by atoms with Crippen molar-refractivity contribution in [3.63, 3.8) is 0 Å². The van der Waals surface area contributed by atoms with Crippen LogP contribution in [0, 0.1) is 5.82 Å². The lowest BCUT2D eigenvalue weighted by atomic mass is 10.1. The van der Waals surface area contributed by atoms with Crippen molar-refractivity contribution in [3.8, 4) is 0 Å². The Labute approximate surface area is 159 Å². The third-order valence-corrected chi connectivity index (χ3v) is 3.95. The van der Waals surface area contributed by atoms with Gasteiger partial charge in [0, 0.05) is 5.69 Å². The lowest BCUT2D eigenvalue weighted by Gasteiger charge is -2.12. The maximum absolute atomic E-state index is 13.0. The SMILES string of the molecule is NC(=O)c1cnn(CCOC(=O)c2ccccc2Nc2ccc(F)cc2)c1N. The van der Waals surface area contributed by atoms with Crippen molar-refractivity contribution in [3.05, 3.63) is 71.7 Å². The number of rotatable bonds is 7. The van der Waals surface area contributed by atoms with E-state index in [1.807, 2.05) is 0 Å². The quantitative estimate of drug-likeness (QED) is 0.538. The molecule has 0 aliphatic carbocycles. The molecule has 2 aromatic carbocycles. The number of carbonyl (C=O) groups excluding carboxylic acids is 2. The second kappa shape index (κ2) is 8.21. The number of ether oxygens (including phenoxy) is 1. The zero-order valence-corrected chi connectivity index (χ0v) is 14.8. The molecule has 0 bridgehead atoms. The van der Waals surface area contributed by atoms with Gasteiger partial charge in [0.25, 0.3) is 5.91 Å². The highest BCUT2D eigenvalue weighted by Crippen LogP contribution is 2.22. The first kappa shape index (κ1) is 18.9. The number of amides is 1. The van der Waals surface area contributed by atoms with Crippen molar-refractivity contribution in [2.75, 3.05) is 17.7 Å². The molecule has 5 N–H and O–H groups in total. The summed E-state index contributed by atoms with van der Waals surface area (Å²) in [6.07, 6.45) is 1.27. The number of aromatic nitrogens is 2. The zero-order valence-electron chi connectivity index (χ0n) is 14.8. The van der Waals surface area contributed by atoms with Crippen molar-refractivity contribution in [1.82, 2.24) is 9.78 Å². The standard InChI is InChI=1S/C19H18FN5O3/c20-12-5-7-13(8-6-12)24-16-4-2-1-3-14(16)19(27)28-10-9-25-17(21)15(11-23-25)18(22)26/h1-8,11,24H,9-10,21H2,(H2,22,26). The summed E-state index contributed by atoms with van der Waals surface area (Å²) in [6.45, 7) is 0.159. The van der Waals surface area contributed by atoms with Crippen molar-refractivity contribution >= 4 is 29.1 Å². The lowest BCUT2D eigenvalue weighted by Crippen LogP contribution is -2.16. The van der Waals surface area contributed by atoms with Crippen LogP contribution in [0.5, 0.6) is 0 Å².